The van der Waals surface area contributed by atoms with Gasteiger partial charge in [-0.3, -0.25) is 4.79 Å². The molecular weight excluding hydrogens is 477 g/mol. The van der Waals surface area contributed by atoms with E-state index in [1.165, 1.54) is 29.2 Å². The predicted octanol–water partition coefficient (Wildman–Crippen LogP) is 4.24. The maximum Gasteiger partial charge on any atom is 0.398 e. The van der Waals surface area contributed by atoms with Gasteiger partial charge in [-0.25, -0.2) is 14.7 Å². The van der Waals surface area contributed by atoms with Gasteiger partial charge < -0.3 is 19.7 Å². The molecule has 192 valence electrons. The van der Waals surface area contributed by atoms with Crippen molar-refractivity contribution in [2.24, 2.45) is 0 Å². The summed E-state index contributed by atoms with van der Waals surface area (Å²) in [5, 5.41) is 3.25. The Morgan fingerprint density at radius 3 is 2.47 bits per heavy atom. The summed E-state index contributed by atoms with van der Waals surface area (Å²) < 4.78 is 51.6. The Morgan fingerprint density at radius 2 is 1.86 bits per heavy atom. The largest absolute Gasteiger partial charge is 0.487 e. The van der Waals surface area contributed by atoms with Crippen LogP contribution in [-0.2, 0) is 21.5 Å². The number of pyridine rings is 1. The molecule has 2 fully saturated rings. The molecule has 2 aliphatic heterocycles. The van der Waals surface area contributed by atoms with E-state index in [0.717, 1.165) is 4.90 Å². The lowest BCUT2D eigenvalue weighted by Crippen LogP contribution is -2.44. The molecule has 1 aliphatic carbocycles. The number of imide groups is 1. The van der Waals surface area contributed by atoms with Crippen molar-refractivity contribution in [3.8, 4) is 5.75 Å². The summed E-state index contributed by atoms with van der Waals surface area (Å²) >= 11 is 0. The van der Waals surface area contributed by atoms with Crippen LogP contribution in [0.5, 0.6) is 5.75 Å². The molecule has 3 heterocycles. The highest BCUT2D eigenvalue weighted by Crippen LogP contribution is 2.59. The van der Waals surface area contributed by atoms with Crippen molar-refractivity contribution >= 4 is 23.4 Å². The van der Waals surface area contributed by atoms with Crippen LogP contribution in [0.2, 0.25) is 0 Å². The number of rotatable bonds is 6. The van der Waals surface area contributed by atoms with Crippen LogP contribution in [0.3, 0.4) is 0 Å². The molecule has 3 amide bonds. The number of nitrogens with zero attached hydrogens (tertiary/aromatic N) is 3. The number of aromatic nitrogens is 1. The van der Waals surface area contributed by atoms with Gasteiger partial charge in [0.1, 0.15) is 12.1 Å². The normalized spacial score (nSPS) is 22.2. The summed E-state index contributed by atoms with van der Waals surface area (Å²) in [6.45, 7) is 4.17. The van der Waals surface area contributed by atoms with Crippen LogP contribution in [0.4, 0.5) is 29.5 Å². The number of carbonyl (C=O) groups is 2. The molecule has 1 saturated carbocycles. The van der Waals surface area contributed by atoms with Crippen molar-refractivity contribution in [2.75, 3.05) is 30.5 Å². The second-order valence-electron chi connectivity index (χ2n) is 9.95. The molecule has 0 radical (unpaired) electrons. The molecule has 36 heavy (non-hydrogen) atoms. The monoisotopic (exact) mass is 504 g/mol. The summed E-state index contributed by atoms with van der Waals surface area (Å²) in [6.07, 6.45) is -2.66. The number of ether oxygens (including phenoxy) is 2. The second kappa shape index (κ2) is 8.36. The number of anilines is 2. The third kappa shape index (κ3) is 3.76. The number of benzene rings is 1. The third-order valence-electron chi connectivity index (χ3n) is 7.25. The van der Waals surface area contributed by atoms with E-state index in [4.69, 9.17) is 9.47 Å². The molecule has 3 aliphatic rings. The summed E-state index contributed by atoms with van der Waals surface area (Å²) in [4.78, 5) is 33.5. The molecule has 0 unspecified atom stereocenters. The first-order valence-corrected chi connectivity index (χ1v) is 11.7. The molecule has 0 bridgehead atoms. The van der Waals surface area contributed by atoms with E-state index >= 15 is 0 Å². The molecule has 2 aromatic rings. The van der Waals surface area contributed by atoms with Crippen LogP contribution in [0.15, 0.2) is 36.5 Å². The van der Waals surface area contributed by atoms with E-state index in [2.05, 4.69) is 10.3 Å². The summed E-state index contributed by atoms with van der Waals surface area (Å²) in [5.41, 5.74) is -1.95. The molecule has 11 heteroatoms. The number of halogens is 3. The van der Waals surface area contributed by atoms with Crippen molar-refractivity contribution in [1.29, 1.82) is 0 Å². The summed E-state index contributed by atoms with van der Waals surface area (Å²) in [5.74, 6) is 0.576. The highest BCUT2D eigenvalue weighted by atomic mass is 19.4. The number of methoxy groups -OCH3 is 1. The van der Waals surface area contributed by atoms with Gasteiger partial charge in [0.2, 0.25) is 0 Å². The first-order chi connectivity index (χ1) is 17.0. The number of amides is 3. The Labute approximate surface area is 206 Å². The topological polar surface area (TPSA) is 84.0 Å². The molecule has 0 spiro atoms. The van der Waals surface area contributed by atoms with E-state index in [1.807, 2.05) is 0 Å². The van der Waals surface area contributed by atoms with Gasteiger partial charge in [0.15, 0.2) is 11.6 Å². The SMILES string of the molecule is COC[C@@H]1COc2c(CN3C(=O)N(c4ccc(C5(C(F)(F)F)CC5)cc4)C(=O)C3(C)C)ccnc2N1. The van der Waals surface area contributed by atoms with Crippen molar-refractivity contribution in [3.63, 3.8) is 0 Å². The third-order valence-corrected chi connectivity index (χ3v) is 7.25. The van der Waals surface area contributed by atoms with Crippen LogP contribution in [-0.4, -0.2) is 59.9 Å². The smallest absolute Gasteiger partial charge is 0.398 e. The van der Waals surface area contributed by atoms with Gasteiger partial charge in [-0.1, -0.05) is 12.1 Å². The van der Waals surface area contributed by atoms with Gasteiger partial charge >= 0.3 is 12.2 Å². The van der Waals surface area contributed by atoms with Crippen LogP contribution in [0.1, 0.15) is 37.8 Å². The molecule has 1 aromatic carbocycles. The Hall–Kier alpha value is -3.34. The van der Waals surface area contributed by atoms with Gasteiger partial charge in [0.05, 0.1) is 30.3 Å². The molecule has 5 rings (SSSR count). The van der Waals surface area contributed by atoms with E-state index in [1.54, 1.807) is 33.2 Å². The van der Waals surface area contributed by atoms with Crippen LogP contribution >= 0.6 is 0 Å². The fraction of sp³-hybridized carbons (Fsp3) is 0.480. The minimum absolute atomic E-state index is 0.0393. The second-order valence-corrected chi connectivity index (χ2v) is 9.95. The van der Waals surface area contributed by atoms with E-state index in [0.29, 0.717) is 30.3 Å². The average Bonchev–Trinajstić information content (AvgIpc) is 3.63. The van der Waals surface area contributed by atoms with Gasteiger partial charge in [0.25, 0.3) is 5.91 Å². The predicted molar refractivity (Wildman–Crippen MR) is 125 cm³/mol. The van der Waals surface area contributed by atoms with Gasteiger partial charge in [-0.2, -0.15) is 13.2 Å². The minimum atomic E-state index is -4.34. The number of urea groups is 1. The maximum atomic E-state index is 13.5. The zero-order valence-corrected chi connectivity index (χ0v) is 20.2. The average molecular weight is 505 g/mol. The van der Waals surface area contributed by atoms with Gasteiger partial charge in [-0.05, 0) is 50.5 Å². The standard InChI is InChI=1S/C25H27F3N4O4/c1-23(2)21(33)32(18-6-4-16(5-7-18)24(9-10-24)25(26,27)28)22(34)31(23)12-15-8-11-29-20-19(15)36-14-17(30-20)13-35-3/h4-8,11,17H,9-10,12-14H2,1-3H3,(H,29,30)/t17-/m1/s1. The molecule has 1 N–H and O–H groups in total. The maximum absolute atomic E-state index is 13.5. The molecular formula is C25H27F3N4O4. The van der Waals surface area contributed by atoms with E-state index in [9.17, 15) is 22.8 Å². The minimum Gasteiger partial charge on any atom is -0.487 e. The lowest BCUT2D eigenvalue weighted by atomic mass is 9.95. The molecule has 1 aromatic heterocycles. The summed E-state index contributed by atoms with van der Waals surface area (Å²) in [7, 11) is 1.60. The summed E-state index contributed by atoms with van der Waals surface area (Å²) in [6, 6.07) is 6.65. The molecule has 1 atom stereocenters. The number of fused-ring (bicyclic) bond motifs is 1. The number of hydrogen-bond donors (Lipinski definition) is 1. The Morgan fingerprint density at radius 1 is 1.17 bits per heavy atom. The highest BCUT2D eigenvalue weighted by molar-refractivity contribution is 6.22. The van der Waals surface area contributed by atoms with Gasteiger partial charge in [-0.15, -0.1) is 0 Å². The fourth-order valence-electron chi connectivity index (χ4n) is 4.88. The molecule has 8 nitrogen and oxygen atoms in total. The van der Waals surface area contributed by atoms with Crippen LogP contribution in [0, 0.1) is 0 Å². The van der Waals surface area contributed by atoms with E-state index < -0.39 is 29.1 Å². The van der Waals surface area contributed by atoms with Crippen LogP contribution in [0.25, 0.3) is 0 Å². The lowest BCUT2D eigenvalue weighted by molar-refractivity contribution is -0.160. The van der Waals surface area contributed by atoms with Crippen molar-refractivity contribution in [2.45, 2.75) is 56.4 Å². The first kappa shape index (κ1) is 24.4. The lowest BCUT2D eigenvalue weighted by Gasteiger charge is -2.31. The van der Waals surface area contributed by atoms with Crippen molar-refractivity contribution in [1.82, 2.24) is 9.88 Å². The number of alkyl halides is 3. The molecule has 1 saturated heterocycles. The number of nitrogens with one attached hydrogen (secondary N) is 1. The van der Waals surface area contributed by atoms with Crippen molar-refractivity contribution in [3.05, 3.63) is 47.7 Å². The first-order valence-electron chi connectivity index (χ1n) is 11.7. The Kier molecular flexibility index (Phi) is 5.66. The van der Waals surface area contributed by atoms with E-state index in [-0.39, 0.29) is 36.7 Å². The zero-order chi connectivity index (χ0) is 25.9. The highest BCUT2D eigenvalue weighted by Gasteiger charge is 2.64. The Balaban J connectivity index is 1.39. The number of carbonyl (C=O) groups excluding carboxylic acids is 2. The van der Waals surface area contributed by atoms with Crippen molar-refractivity contribution < 1.29 is 32.2 Å². The van der Waals surface area contributed by atoms with Crippen LogP contribution < -0.4 is 15.0 Å². The Bertz CT molecular complexity index is 1190. The van der Waals surface area contributed by atoms with Gasteiger partial charge in [0, 0.05) is 18.9 Å². The quantitative estimate of drug-likeness (QED) is 0.593. The fourth-order valence-corrected chi connectivity index (χ4v) is 4.88. The number of hydrogen-bond acceptors (Lipinski definition) is 6. The zero-order valence-electron chi connectivity index (χ0n) is 20.2.